The first-order chi connectivity index (χ1) is 7.46. The predicted octanol–water partition coefficient (Wildman–Crippen LogP) is 1.61. The molecular formula is C12H14O4. The highest BCUT2D eigenvalue weighted by Gasteiger charge is 2.40. The van der Waals surface area contributed by atoms with Crippen LogP contribution in [0, 0.1) is 0 Å². The lowest BCUT2D eigenvalue weighted by atomic mass is 10.1. The van der Waals surface area contributed by atoms with Gasteiger partial charge in [0.05, 0.1) is 0 Å². The zero-order valence-electron chi connectivity index (χ0n) is 9.27. The van der Waals surface area contributed by atoms with Crippen molar-refractivity contribution in [2.45, 2.75) is 32.2 Å². The number of phenolic OH excluding ortho intramolecular Hbond substituents is 1. The summed E-state index contributed by atoms with van der Waals surface area (Å²) < 4.78 is 10.5. The van der Waals surface area contributed by atoms with Gasteiger partial charge in [0.25, 0.3) is 0 Å². The Morgan fingerprint density at radius 1 is 1.31 bits per heavy atom. The standard InChI is InChI=1S/C12H14O4/c1-12(2)15-10(11(14)16-12)7-8-3-5-9(13)6-4-8/h3-6,10,13H,7H2,1-2H3/t10-/m0/s1. The summed E-state index contributed by atoms with van der Waals surface area (Å²) in [7, 11) is 0. The lowest BCUT2D eigenvalue weighted by molar-refractivity contribution is -0.160. The molecule has 1 atom stereocenters. The van der Waals surface area contributed by atoms with E-state index in [9.17, 15) is 4.79 Å². The molecule has 16 heavy (non-hydrogen) atoms. The second-order valence-electron chi connectivity index (χ2n) is 4.30. The first-order valence-corrected chi connectivity index (χ1v) is 5.15. The topological polar surface area (TPSA) is 55.8 Å². The van der Waals surface area contributed by atoms with Gasteiger partial charge >= 0.3 is 5.97 Å². The quantitative estimate of drug-likeness (QED) is 0.772. The van der Waals surface area contributed by atoms with Crippen molar-refractivity contribution in [2.75, 3.05) is 0 Å². The van der Waals surface area contributed by atoms with Gasteiger partial charge in [0.1, 0.15) is 5.75 Å². The second-order valence-corrected chi connectivity index (χ2v) is 4.30. The molecule has 1 aliphatic heterocycles. The number of cyclic esters (lactones) is 1. The number of ether oxygens (including phenoxy) is 2. The van der Waals surface area contributed by atoms with Gasteiger partial charge in [-0.05, 0) is 17.7 Å². The van der Waals surface area contributed by atoms with E-state index in [0.29, 0.717) is 6.42 Å². The summed E-state index contributed by atoms with van der Waals surface area (Å²) in [4.78, 5) is 11.5. The van der Waals surface area contributed by atoms with Crippen molar-refractivity contribution in [3.8, 4) is 5.75 Å². The molecule has 4 nitrogen and oxygen atoms in total. The van der Waals surface area contributed by atoms with Crippen LogP contribution in [0.3, 0.4) is 0 Å². The van der Waals surface area contributed by atoms with Crippen LogP contribution in [-0.4, -0.2) is 23.0 Å². The average Bonchev–Trinajstić information content (AvgIpc) is 2.44. The van der Waals surface area contributed by atoms with Crippen LogP contribution < -0.4 is 0 Å². The maximum absolute atomic E-state index is 11.5. The number of carbonyl (C=O) groups is 1. The average molecular weight is 222 g/mol. The third-order valence-corrected chi connectivity index (χ3v) is 2.39. The fourth-order valence-corrected chi connectivity index (χ4v) is 1.69. The van der Waals surface area contributed by atoms with Gasteiger partial charge in [-0.2, -0.15) is 0 Å². The number of aromatic hydroxyl groups is 1. The van der Waals surface area contributed by atoms with Crippen LogP contribution in [0.25, 0.3) is 0 Å². The van der Waals surface area contributed by atoms with Gasteiger partial charge < -0.3 is 14.6 Å². The Balaban J connectivity index is 2.06. The molecule has 1 heterocycles. The third kappa shape index (κ3) is 2.33. The van der Waals surface area contributed by atoms with Crippen LogP contribution in [0.15, 0.2) is 24.3 Å². The molecule has 1 fully saturated rings. The number of benzene rings is 1. The summed E-state index contributed by atoms with van der Waals surface area (Å²) in [5, 5.41) is 9.13. The molecule has 86 valence electrons. The van der Waals surface area contributed by atoms with Gasteiger partial charge in [0.2, 0.25) is 5.79 Å². The van der Waals surface area contributed by atoms with E-state index in [1.54, 1.807) is 38.1 Å². The van der Waals surface area contributed by atoms with Crippen LogP contribution >= 0.6 is 0 Å². The van der Waals surface area contributed by atoms with E-state index in [2.05, 4.69) is 0 Å². The third-order valence-electron chi connectivity index (χ3n) is 2.39. The minimum atomic E-state index is -0.835. The first-order valence-electron chi connectivity index (χ1n) is 5.15. The van der Waals surface area contributed by atoms with Crippen LogP contribution in [0.5, 0.6) is 5.75 Å². The zero-order valence-corrected chi connectivity index (χ0v) is 9.27. The SMILES string of the molecule is CC1(C)OC(=O)[C@H](Cc2ccc(O)cc2)O1. The minimum absolute atomic E-state index is 0.207. The Hall–Kier alpha value is -1.55. The normalized spacial score (nSPS) is 23.1. The summed E-state index contributed by atoms with van der Waals surface area (Å²) in [6.45, 7) is 3.42. The minimum Gasteiger partial charge on any atom is -0.508 e. The summed E-state index contributed by atoms with van der Waals surface area (Å²) >= 11 is 0. The Morgan fingerprint density at radius 2 is 1.94 bits per heavy atom. The molecule has 0 unspecified atom stereocenters. The van der Waals surface area contributed by atoms with E-state index in [0.717, 1.165) is 5.56 Å². The molecule has 1 N–H and O–H groups in total. The van der Waals surface area contributed by atoms with E-state index >= 15 is 0 Å². The second kappa shape index (κ2) is 3.79. The van der Waals surface area contributed by atoms with E-state index in [-0.39, 0.29) is 11.7 Å². The molecule has 0 bridgehead atoms. The first kappa shape index (κ1) is 11.0. The summed E-state index contributed by atoms with van der Waals surface area (Å²) in [5.74, 6) is -0.962. The van der Waals surface area contributed by atoms with Crippen molar-refractivity contribution >= 4 is 5.97 Å². The number of hydrogen-bond donors (Lipinski definition) is 1. The van der Waals surface area contributed by atoms with Gasteiger partial charge in [0, 0.05) is 20.3 Å². The predicted molar refractivity (Wildman–Crippen MR) is 56.9 cm³/mol. The lowest BCUT2D eigenvalue weighted by Crippen LogP contribution is -2.22. The highest BCUT2D eigenvalue weighted by atomic mass is 16.8. The Kier molecular flexibility index (Phi) is 2.59. The summed E-state index contributed by atoms with van der Waals surface area (Å²) in [6, 6.07) is 6.69. The number of carbonyl (C=O) groups excluding carboxylic acids is 1. The van der Waals surface area contributed by atoms with Crippen molar-refractivity contribution in [3.05, 3.63) is 29.8 Å². The molecule has 1 aromatic carbocycles. The Bertz CT molecular complexity index is 394. The molecule has 2 rings (SSSR count). The molecule has 1 aliphatic rings. The molecule has 1 aromatic rings. The van der Waals surface area contributed by atoms with Crippen LogP contribution in [0.4, 0.5) is 0 Å². The van der Waals surface area contributed by atoms with E-state index in [1.165, 1.54) is 0 Å². The monoisotopic (exact) mass is 222 g/mol. The van der Waals surface area contributed by atoms with Gasteiger partial charge in [-0.25, -0.2) is 4.79 Å². The van der Waals surface area contributed by atoms with E-state index < -0.39 is 11.9 Å². The molecule has 4 heteroatoms. The maximum atomic E-state index is 11.5. The maximum Gasteiger partial charge on any atom is 0.338 e. The summed E-state index contributed by atoms with van der Waals surface area (Å²) in [6.07, 6.45) is -0.0951. The van der Waals surface area contributed by atoms with Crippen LogP contribution in [0.1, 0.15) is 19.4 Å². The molecule has 0 aromatic heterocycles. The largest absolute Gasteiger partial charge is 0.508 e. The van der Waals surface area contributed by atoms with Crippen molar-refractivity contribution in [1.82, 2.24) is 0 Å². The van der Waals surface area contributed by atoms with Gasteiger partial charge in [-0.15, -0.1) is 0 Å². The Labute approximate surface area is 93.8 Å². The van der Waals surface area contributed by atoms with Crippen LogP contribution in [-0.2, 0) is 20.7 Å². The number of hydrogen-bond acceptors (Lipinski definition) is 4. The van der Waals surface area contributed by atoms with Gasteiger partial charge in [-0.1, -0.05) is 12.1 Å². The Morgan fingerprint density at radius 3 is 2.44 bits per heavy atom. The molecule has 1 saturated heterocycles. The van der Waals surface area contributed by atoms with Crippen molar-refractivity contribution in [3.63, 3.8) is 0 Å². The molecular weight excluding hydrogens is 208 g/mol. The molecule has 0 spiro atoms. The molecule has 0 saturated carbocycles. The van der Waals surface area contributed by atoms with Crippen molar-refractivity contribution in [2.24, 2.45) is 0 Å². The van der Waals surface area contributed by atoms with Gasteiger partial charge in [0.15, 0.2) is 6.10 Å². The molecule has 0 radical (unpaired) electrons. The van der Waals surface area contributed by atoms with E-state index in [1.807, 2.05) is 0 Å². The number of rotatable bonds is 2. The fourth-order valence-electron chi connectivity index (χ4n) is 1.69. The number of phenols is 1. The van der Waals surface area contributed by atoms with E-state index in [4.69, 9.17) is 14.6 Å². The van der Waals surface area contributed by atoms with Crippen molar-refractivity contribution < 1.29 is 19.4 Å². The summed E-state index contributed by atoms with van der Waals surface area (Å²) in [5.41, 5.74) is 0.928. The molecule has 0 amide bonds. The number of esters is 1. The molecule has 0 aliphatic carbocycles. The van der Waals surface area contributed by atoms with Crippen molar-refractivity contribution in [1.29, 1.82) is 0 Å². The van der Waals surface area contributed by atoms with Gasteiger partial charge in [-0.3, -0.25) is 0 Å². The van der Waals surface area contributed by atoms with Crippen LogP contribution in [0.2, 0.25) is 0 Å². The zero-order chi connectivity index (χ0) is 11.8. The highest BCUT2D eigenvalue weighted by Crippen LogP contribution is 2.26. The fraction of sp³-hybridized carbons (Fsp3) is 0.417. The highest BCUT2D eigenvalue weighted by molar-refractivity contribution is 5.77. The smallest absolute Gasteiger partial charge is 0.338 e. The lowest BCUT2D eigenvalue weighted by Gasteiger charge is -2.15.